The molecule has 6 nitrogen and oxygen atoms in total. The lowest BCUT2D eigenvalue weighted by Gasteiger charge is -2.34. The Morgan fingerprint density at radius 2 is 1.49 bits per heavy atom. The number of benzene rings is 3. The number of hydrogen-bond acceptors (Lipinski definition) is 5. The molecule has 0 bridgehead atoms. The van der Waals surface area contributed by atoms with Gasteiger partial charge in [0.15, 0.2) is 9.84 Å². The Labute approximate surface area is 208 Å². The molecule has 1 amide bonds. The molecular formula is C28H33N3O3S. The second kappa shape index (κ2) is 11.6. The Morgan fingerprint density at radius 3 is 2.20 bits per heavy atom. The zero-order chi connectivity index (χ0) is 24.7. The third-order valence-corrected chi connectivity index (χ3v) is 8.22. The molecule has 35 heavy (non-hydrogen) atoms. The van der Waals surface area contributed by atoms with Crippen molar-refractivity contribution in [3.8, 4) is 0 Å². The van der Waals surface area contributed by atoms with E-state index in [2.05, 4.69) is 34.2 Å². The van der Waals surface area contributed by atoms with Crippen LogP contribution in [-0.2, 0) is 28.7 Å². The molecule has 4 rings (SSSR count). The van der Waals surface area contributed by atoms with Crippen molar-refractivity contribution in [2.24, 2.45) is 0 Å². The van der Waals surface area contributed by atoms with Crippen LogP contribution in [0.3, 0.4) is 0 Å². The topological polar surface area (TPSA) is 69.7 Å². The fourth-order valence-electron chi connectivity index (χ4n) is 4.40. The van der Waals surface area contributed by atoms with Gasteiger partial charge in [0.2, 0.25) is 0 Å². The van der Waals surface area contributed by atoms with Crippen molar-refractivity contribution < 1.29 is 13.2 Å². The number of piperazine rings is 1. The van der Waals surface area contributed by atoms with Crippen molar-refractivity contribution >= 4 is 15.7 Å². The number of carbonyl (C=O) groups excluding carboxylic acids is 1. The second-order valence-electron chi connectivity index (χ2n) is 8.93. The number of hydrogen-bond donors (Lipinski definition) is 1. The molecule has 1 fully saturated rings. The van der Waals surface area contributed by atoms with Crippen LogP contribution < -0.4 is 5.32 Å². The largest absolute Gasteiger partial charge is 0.348 e. The number of nitrogens with one attached hydrogen (secondary N) is 1. The van der Waals surface area contributed by atoms with Gasteiger partial charge in [-0.25, -0.2) is 8.42 Å². The van der Waals surface area contributed by atoms with Crippen LogP contribution >= 0.6 is 0 Å². The molecule has 1 saturated heterocycles. The minimum absolute atomic E-state index is 0.147. The van der Waals surface area contributed by atoms with E-state index in [1.165, 1.54) is 5.56 Å². The van der Waals surface area contributed by atoms with E-state index in [4.69, 9.17) is 0 Å². The predicted molar refractivity (Wildman–Crippen MR) is 139 cm³/mol. The van der Waals surface area contributed by atoms with Crippen LogP contribution in [0.2, 0.25) is 0 Å². The molecule has 0 spiro atoms. The van der Waals surface area contributed by atoms with Gasteiger partial charge in [-0.3, -0.25) is 9.69 Å². The summed E-state index contributed by atoms with van der Waals surface area (Å²) < 4.78 is 25.4. The molecule has 1 aliphatic rings. The third-order valence-electron chi connectivity index (χ3n) is 6.51. The number of rotatable bonds is 9. The molecule has 184 valence electrons. The zero-order valence-corrected chi connectivity index (χ0v) is 21.0. The van der Waals surface area contributed by atoms with Gasteiger partial charge in [0, 0.05) is 44.8 Å². The van der Waals surface area contributed by atoms with Gasteiger partial charge in [0.25, 0.3) is 5.91 Å². The maximum absolute atomic E-state index is 12.9. The van der Waals surface area contributed by atoms with Gasteiger partial charge >= 0.3 is 0 Å². The van der Waals surface area contributed by atoms with Gasteiger partial charge in [-0.15, -0.1) is 0 Å². The van der Waals surface area contributed by atoms with E-state index in [1.54, 1.807) is 54.6 Å². The number of sulfone groups is 1. The van der Waals surface area contributed by atoms with Gasteiger partial charge in [-0.1, -0.05) is 61.5 Å². The van der Waals surface area contributed by atoms with Crippen LogP contribution in [0.1, 0.15) is 34.0 Å². The molecule has 0 atom stereocenters. The summed E-state index contributed by atoms with van der Waals surface area (Å²) in [6.45, 7) is 8.87. The molecule has 0 aromatic heterocycles. The van der Waals surface area contributed by atoms with Gasteiger partial charge < -0.3 is 10.2 Å². The SMILES string of the molecule is CCN1CCN(Cc2ccccc2CNC(=O)c2cccc(CS(=O)(=O)c3ccccc3)c2)CC1. The fourth-order valence-corrected chi connectivity index (χ4v) is 5.76. The van der Waals surface area contributed by atoms with Gasteiger partial charge in [0.1, 0.15) is 0 Å². The van der Waals surface area contributed by atoms with Crippen molar-refractivity contribution in [3.05, 3.63) is 101 Å². The van der Waals surface area contributed by atoms with E-state index >= 15 is 0 Å². The summed E-state index contributed by atoms with van der Waals surface area (Å²) in [4.78, 5) is 18.1. The molecule has 1 N–H and O–H groups in total. The smallest absolute Gasteiger partial charge is 0.251 e. The fraction of sp³-hybridized carbons (Fsp3) is 0.321. The number of nitrogens with zero attached hydrogens (tertiary/aromatic N) is 2. The van der Waals surface area contributed by atoms with Gasteiger partial charge in [-0.05, 0) is 47.5 Å². The van der Waals surface area contributed by atoms with Crippen molar-refractivity contribution in [1.29, 1.82) is 0 Å². The number of amides is 1. The molecule has 0 radical (unpaired) electrons. The van der Waals surface area contributed by atoms with E-state index < -0.39 is 9.84 Å². The molecule has 1 aliphatic heterocycles. The maximum Gasteiger partial charge on any atom is 0.251 e. The molecule has 0 saturated carbocycles. The van der Waals surface area contributed by atoms with Gasteiger partial charge in [-0.2, -0.15) is 0 Å². The lowest BCUT2D eigenvalue weighted by atomic mass is 10.1. The molecular weight excluding hydrogens is 458 g/mol. The van der Waals surface area contributed by atoms with Crippen molar-refractivity contribution in [2.75, 3.05) is 32.7 Å². The van der Waals surface area contributed by atoms with E-state index in [0.29, 0.717) is 17.7 Å². The Kier molecular flexibility index (Phi) is 8.33. The van der Waals surface area contributed by atoms with Crippen LogP contribution in [0.15, 0.2) is 83.8 Å². The minimum atomic E-state index is -3.48. The predicted octanol–water partition coefficient (Wildman–Crippen LogP) is 3.73. The highest BCUT2D eigenvalue weighted by Gasteiger charge is 2.18. The lowest BCUT2D eigenvalue weighted by Crippen LogP contribution is -2.45. The maximum atomic E-state index is 12.9. The average Bonchev–Trinajstić information content (AvgIpc) is 2.89. The summed E-state index contributed by atoms with van der Waals surface area (Å²) in [5.41, 5.74) is 3.37. The van der Waals surface area contributed by atoms with E-state index in [9.17, 15) is 13.2 Å². The Hall–Kier alpha value is -3.00. The molecule has 0 unspecified atom stereocenters. The monoisotopic (exact) mass is 491 g/mol. The Bertz CT molecular complexity index is 1240. The third kappa shape index (κ3) is 6.78. The summed E-state index contributed by atoms with van der Waals surface area (Å²) in [5, 5.41) is 3.02. The molecule has 3 aromatic carbocycles. The Morgan fingerprint density at radius 1 is 0.829 bits per heavy atom. The highest BCUT2D eigenvalue weighted by molar-refractivity contribution is 7.90. The first kappa shape index (κ1) is 25.1. The molecule has 3 aromatic rings. The summed E-state index contributed by atoms with van der Waals surface area (Å²) in [7, 11) is -3.48. The van der Waals surface area contributed by atoms with Crippen LogP contribution in [0.25, 0.3) is 0 Å². The first-order valence-corrected chi connectivity index (χ1v) is 13.8. The highest BCUT2D eigenvalue weighted by Crippen LogP contribution is 2.18. The van der Waals surface area contributed by atoms with Crippen molar-refractivity contribution in [3.63, 3.8) is 0 Å². The summed E-state index contributed by atoms with van der Waals surface area (Å²) >= 11 is 0. The van der Waals surface area contributed by atoms with Crippen LogP contribution in [0.4, 0.5) is 0 Å². The average molecular weight is 492 g/mol. The molecule has 1 heterocycles. The van der Waals surface area contributed by atoms with E-state index in [1.807, 2.05) is 12.1 Å². The quantitative estimate of drug-likeness (QED) is 0.494. The summed E-state index contributed by atoms with van der Waals surface area (Å²) in [6.07, 6.45) is 0. The highest BCUT2D eigenvalue weighted by atomic mass is 32.2. The van der Waals surface area contributed by atoms with Gasteiger partial charge in [0.05, 0.1) is 10.6 Å². The molecule has 0 aliphatic carbocycles. The zero-order valence-electron chi connectivity index (χ0n) is 20.2. The lowest BCUT2D eigenvalue weighted by molar-refractivity contribution is 0.0950. The van der Waals surface area contributed by atoms with Crippen LogP contribution in [0.5, 0.6) is 0 Å². The van der Waals surface area contributed by atoms with Crippen molar-refractivity contribution in [1.82, 2.24) is 15.1 Å². The first-order chi connectivity index (χ1) is 16.9. The van der Waals surface area contributed by atoms with E-state index in [0.717, 1.165) is 44.8 Å². The van der Waals surface area contributed by atoms with E-state index in [-0.39, 0.29) is 16.6 Å². The summed E-state index contributed by atoms with van der Waals surface area (Å²) in [6, 6.07) is 23.5. The Balaban J connectivity index is 1.38. The normalized spacial score (nSPS) is 15.1. The summed E-state index contributed by atoms with van der Waals surface area (Å²) in [5.74, 6) is -0.359. The standard InChI is InChI=1S/C28H33N3O3S/c1-2-30-15-17-31(18-16-30)21-26-11-7-6-10-25(26)20-29-28(32)24-12-8-9-23(19-24)22-35(33,34)27-13-4-3-5-14-27/h3-14,19H,2,15-18,20-22H2,1H3,(H,29,32). The number of carbonyl (C=O) groups is 1. The van der Waals surface area contributed by atoms with Crippen molar-refractivity contribution in [2.45, 2.75) is 30.7 Å². The first-order valence-electron chi connectivity index (χ1n) is 12.1. The van der Waals surface area contributed by atoms with Crippen LogP contribution in [0, 0.1) is 0 Å². The second-order valence-corrected chi connectivity index (χ2v) is 10.9. The van der Waals surface area contributed by atoms with Crippen LogP contribution in [-0.4, -0.2) is 56.8 Å². The number of likely N-dealkylation sites (N-methyl/N-ethyl adjacent to an activating group) is 1. The minimum Gasteiger partial charge on any atom is -0.348 e. The molecule has 7 heteroatoms.